The van der Waals surface area contributed by atoms with Crippen LogP contribution in [0.15, 0.2) is 0 Å². The van der Waals surface area contributed by atoms with Crippen molar-refractivity contribution in [1.29, 1.82) is 0 Å². The minimum absolute atomic E-state index is 0. The summed E-state index contributed by atoms with van der Waals surface area (Å²) in [6.07, 6.45) is 5.69. The first kappa shape index (κ1) is 16.0. The van der Waals surface area contributed by atoms with E-state index in [0.29, 0.717) is 0 Å². The first-order valence-electron chi connectivity index (χ1n) is 4.41. The van der Waals surface area contributed by atoms with E-state index in [1.807, 2.05) is 6.92 Å². The van der Waals surface area contributed by atoms with Gasteiger partial charge in [0.2, 0.25) is 0 Å². The van der Waals surface area contributed by atoms with Crippen molar-refractivity contribution in [3.63, 3.8) is 0 Å². The molecule has 72 valence electrons. The van der Waals surface area contributed by atoms with E-state index in [2.05, 4.69) is 6.92 Å². The molecule has 1 N–H and O–H groups in total. The molecule has 0 bridgehead atoms. The van der Waals surface area contributed by atoms with Crippen LogP contribution in [0.2, 0.25) is 0 Å². The Morgan fingerprint density at radius 1 is 1.33 bits per heavy atom. The molecule has 0 aliphatic heterocycles. The van der Waals surface area contributed by atoms with Crippen molar-refractivity contribution in [2.24, 2.45) is 0 Å². The van der Waals surface area contributed by atoms with Crippen LogP contribution in [0.4, 0.5) is 0 Å². The number of unbranched alkanes of at least 4 members (excludes halogenated alkanes) is 3. The van der Waals surface area contributed by atoms with Gasteiger partial charge in [0, 0.05) is 46.5 Å². The second-order valence-electron chi connectivity index (χ2n) is 3.09. The molecule has 0 heterocycles. The second kappa shape index (κ2) is 10.6. The van der Waals surface area contributed by atoms with Gasteiger partial charge in [-0.1, -0.05) is 39.5 Å². The van der Waals surface area contributed by atoms with Gasteiger partial charge < -0.3 is 4.89 Å². The van der Waals surface area contributed by atoms with Gasteiger partial charge in [-0.3, -0.25) is 4.57 Å². The van der Waals surface area contributed by atoms with Crippen LogP contribution in [-0.2, 0) is 4.57 Å². The molecule has 0 aromatic carbocycles. The molecule has 2 nitrogen and oxygen atoms in total. The molecule has 0 saturated carbocycles. The average Bonchev–Trinajstić information content (AvgIpc) is 1.97. The van der Waals surface area contributed by atoms with E-state index in [1.54, 1.807) is 0 Å². The third kappa shape index (κ3) is 9.63. The molecule has 0 aliphatic rings. The molecule has 2 unspecified atom stereocenters. The third-order valence-corrected chi connectivity index (χ3v) is 3.04. The van der Waals surface area contributed by atoms with Crippen LogP contribution in [0.25, 0.3) is 0 Å². The molecule has 2 atom stereocenters. The summed E-state index contributed by atoms with van der Waals surface area (Å²) in [6.45, 7) is 4.02. The van der Waals surface area contributed by atoms with Gasteiger partial charge >= 0.3 is 0 Å². The summed E-state index contributed by atoms with van der Waals surface area (Å²) >= 11 is 0. The smallest absolute Gasteiger partial charge is 0.191 e. The van der Waals surface area contributed by atoms with Gasteiger partial charge in [-0.15, -0.1) is 0 Å². The van der Waals surface area contributed by atoms with Crippen molar-refractivity contribution in [2.75, 3.05) is 0 Å². The summed E-state index contributed by atoms with van der Waals surface area (Å²) in [6, 6.07) is 0. The molecule has 4 heteroatoms. The fraction of sp³-hybridized carbons (Fsp3) is 1.00. The van der Waals surface area contributed by atoms with Crippen LogP contribution >= 0.6 is 8.03 Å². The van der Waals surface area contributed by atoms with Crippen molar-refractivity contribution >= 4 is 8.03 Å². The zero-order chi connectivity index (χ0) is 8.69. The van der Waals surface area contributed by atoms with Gasteiger partial charge in [0.15, 0.2) is 8.03 Å². The number of hydrogen-bond acceptors (Lipinski definition) is 1. The normalized spacial score (nSPS) is 14.9. The molecule has 0 fully saturated rings. The van der Waals surface area contributed by atoms with E-state index in [9.17, 15) is 4.57 Å². The molecule has 0 aromatic heterocycles. The van der Waals surface area contributed by atoms with Gasteiger partial charge in [0.05, 0.1) is 0 Å². The van der Waals surface area contributed by atoms with Crippen molar-refractivity contribution in [3.05, 3.63) is 0 Å². The van der Waals surface area contributed by atoms with E-state index in [4.69, 9.17) is 4.89 Å². The monoisotopic (exact) mass is 320 g/mol. The van der Waals surface area contributed by atoms with Crippen LogP contribution in [0.1, 0.15) is 46.0 Å². The average molecular weight is 322 g/mol. The first-order valence-corrected chi connectivity index (χ1v) is 5.84. The Kier molecular flexibility index (Phi) is 14.2. The van der Waals surface area contributed by atoms with E-state index in [0.717, 1.165) is 12.8 Å². The Labute approximate surface area is 109 Å². The van der Waals surface area contributed by atoms with Crippen LogP contribution in [-0.4, -0.2) is 10.6 Å². The predicted octanol–water partition coefficient (Wildman–Crippen LogP) is 2.81. The van der Waals surface area contributed by atoms with Crippen molar-refractivity contribution in [2.45, 2.75) is 51.6 Å². The van der Waals surface area contributed by atoms with E-state index in [-0.39, 0.29) is 46.5 Å². The van der Waals surface area contributed by atoms with Crippen LogP contribution in [0, 0.1) is 40.8 Å². The SMILES string of the molecule is CCCCCCC(C)[PH](=O)O.[Nd]. The second-order valence-corrected chi connectivity index (χ2v) is 4.75. The summed E-state index contributed by atoms with van der Waals surface area (Å²) in [4.78, 5) is 8.72. The van der Waals surface area contributed by atoms with Gasteiger partial charge in [-0.05, 0) is 6.42 Å². The van der Waals surface area contributed by atoms with Gasteiger partial charge in [-0.2, -0.15) is 0 Å². The summed E-state index contributed by atoms with van der Waals surface area (Å²) in [5.74, 6) is 0. The van der Waals surface area contributed by atoms with Crippen molar-refractivity contribution in [1.82, 2.24) is 0 Å². The number of hydrogen-bond donors (Lipinski definition) is 1. The molecular formula is C8H19NdO2P. The summed E-state index contributed by atoms with van der Waals surface area (Å²) in [7, 11) is -2.25. The van der Waals surface area contributed by atoms with Crippen molar-refractivity contribution < 1.29 is 50.3 Å². The maximum Gasteiger partial charge on any atom is 0.191 e. The Balaban J connectivity index is 0. The molecule has 12 heavy (non-hydrogen) atoms. The standard InChI is InChI=1S/C8H19O2P.Nd/c1-3-4-5-6-7-8(2)11(9)10;/h8,11H,3-7H2,1-2H3,(H,9,10);. The molecule has 0 aromatic rings. The maximum absolute atomic E-state index is 10.5. The van der Waals surface area contributed by atoms with E-state index >= 15 is 0 Å². The van der Waals surface area contributed by atoms with Gasteiger partial charge in [0.1, 0.15) is 0 Å². The fourth-order valence-corrected chi connectivity index (χ4v) is 1.45. The van der Waals surface area contributed by atoms with Crippen LogP contribution in [0.3, 0.4) is 0 Å². The van der Waals surface area contributed by atoms with Crippen molar-refractivity contribution in [3.8, 4) is 0 Å². The first-order chi connectivity index (χ1) is 5.18. The van der Waals surface area contributed by atoms with Gasteiger partial charge in [0.25, 0.3) is 0 Å². The molecule has 0 spiro atoms. The Bertz CT molecular complexity index is 120. The molecular weight excluding hydrogens is 303 g/mol. The minimum Gasteiger partial charge on any atom is -0.346 e. The molecule has 0 saturated heterocycles. The summed E-state index contributed by atoms with van der Waals surface area (Å²) in [5, 5.41) is 0. The minimum atomic E-state index is -2.25. The largest absolute Gasteiger partial charge is 0.346 e. The summed E-state index contributed by atoms with van der Waals surface area (Å²) in [5.41, 5.74) is 0.0249. The van der Waals surface area contributed by atoms with E-state index in [1.165, 1.54) is 19.3 Å². The molecule has 0 rings (SSSR count). The quantitative estimate of drug-likeness (QED) is 0.603. The Morgan fingerprint density at radius 2 is 1.92 bits per heavy atom. The van der Waals surface area contributed by atoms with E-state index < -0.39 is 8.03 Å². The topological polar surface area (TPSA) is 37.3 Å². The fourth-order valence-electron chi connectivity index (χ4n) is 1.00. The molecule has 0 radical (unpaired) electrons. The molecule has 0 aliphatic carbocycles. The predicted molar refractivity (Wildman–Crippen MR) is 49.4 cm³/mol. The molecule has 0 amide bonds. The third-order valence-electron chi connectivity index (χ3n) is 1.91. The summed E-state index contributed by atoms with van der Waals surface area (Å²) < 4.78 is 10.5. The Morgan fingerprint density at radius 3 is 2.33 bits per heavy atom. The van der Waals surface area contributed by atoms with Crippen LogP contribution < -0.4 is 0 Å². The maximum atomic E-state index is 10.5. The number of rotatable bonds is 6. The van der Waals surface area contributed by atoms with Crippen LogP contribution in [0.5, 0.6) is 0 Å². The zero-order valence-electron chi connectivity index (χ0n) is 7.97. The Hall–Kier alpha value is 1.54. The zero-order valence-corrected chi connectivity index (χ0v) is 12.2. The van der Waals surface area contributed by atoms with Gasteiger partial charge in [-0.25, -0.2) is 0 Å².